The van der Waals surface area contributed by atoms with Gasteiger partial charge in [0.25, 0.3) is 5.69 Å². The van der Waals surface area contributed by atoms with E-state index in [9.17, 15) is 15.4 Å². The third-order valence-electron chi connectivity index (χ3n) is 4.24. The lowest BCUT2D eigenvalue weighted by Crippen LogP contribution is -2.27. The van der Waals surface area contributed by atoms with Crippen LogP contribution in [0.1, 0.15) is 38.2 Å². The fraction of sp³-hybridized carbons (Fsp3) is 0.533. The van der Waals surface area contributed by atoms with Crippen molar-refractivity contribution in [3.05, 3.63) is 38.9 Å². The maximum Gasteiger partial charge on any atom is 0.274 e. The van der Waals surface area contributed by atoms with E-state index in [1.807, 2.05) is 0 Å². The predicted octanol–water partition coefficient (Wildman–Crippen LogP) is 4.51. The van der Waals surface area contributed by atoms with Crippen LogP contribution in [0.4, 0.5) is 5.69 Å². The minimum Gasteiger partial charge on any atom is -0.258 e. The van der Waals surface area contributed by atoms with Gasteiger partial charge in [0.2, 0.25) is 0 Å². The molecule has 1 saturated carbocycles. The molecule has 2 rings (SSSR count). The lowest BCUT2D eigenvalue weighted by Gasteiger charge is -2.33. The van der Waals surface area contributed by atoms with Crippen molar-refractivity contribution in [2.75, 3.05) is 0 Å². The highest BCUT2D eigenvalue weighted by molar-refractivity contribution is 6.30. The highest BCUT2D eigenvalue weighted by atomic mass is 35.5. The smallest absolute Gasteiger partial charge is 0.258 e. The fourth-order valence-corrected chi connectivity index (χ4v) is 3.03. The van der Waals surface area contributed by atoms with Crippen molar-refractivity contribution < 1.29 is 4.92 Å². The molecule has 0 aromatic heterocycles. The second kappa shape index (κ2) is 5.80. The van der Waals surface area contributed by atoms with Crippen molar-refractivity contribution in [3.63, 3.8) is 0 Å². The Balaban J connectivity index is 2.29. The van der Waals surface area contributed by atoms with Crippen molar-refractivity contribution in [1.29, 1.82) is 5.26 Å². The topological polar surface area (TPSA) is 66.9 Å². The highest BCUT2D eigenvalue weighted by Gasteiger charge is 2.36. The summed E-state index contributed by atoms with van der Waals surface area (Å²) in [6.45, 7) is 2.19. The third kappa shape index (κ3) is 3.10. The zero-order valence-corrected chi connectivity index (χ0v) is 12.2. The zero-order chi connectivity index (χ0) is 14.8. The quantitative estimate of drug-likeness (QED) is 0.608. The number of rotatable bonds is 3. The molecule has 1 aromatic rings. The Labute approximate surface area is 123 Å². The van der Waals surface area contributed by atoms with E-state index >= 15 is 0 Å². The molecule has 1 fully saturated rings. The average molecular weight is 293 g/mol. The molecule has 20 heavy (non-hydrogen) atoms. The van der Waals surface area contributed by atoms with Crippen LogP contribution in [0.2, 0.25) is 5.02 Å². The van der Waals surface area contributed by atoms with Gasteiger partial charge in [-0.15, -0.1) is 0 Å². The van der Waals surface area contributed by atoms with Gasteiger partial charge in [0.15, 0.2) is 0 Å². The van der Waals surface area contributed by atoms with Gasteiger partial charge in [0.05, 0.1) is 16.4 Å². The number of nitrogens with zero attached hydrogens (tertiary/aromatic N) is 2. The standard InChI is InChI=1S/C15H17ClN2O2/c1-11-4-6-15(10-17,7-5-11)9-12-2-3-13(16)8-14(12)18(19)20/h2-3,8,11H,4-7,9H2,1H3. The second-order valence-electron chi connectivity index (χ2n) is 5.78. The van der Waals surface area contributed by atoms with E-state index in [0.717, 1.165) is 25.7 Å². The van der Waals surface area contributed by atoms with Gasteiger partial charge in [0.1, 0.15) is 0 Å². The molecule has 0 N–H and O–H groups in total. The lowest BCUT2D eigenvalue weighted by atomic mass is 9.68. The lowest BCUT2D eigenvalue weighted by molar-refractivity contribution is -0.385. The SMILES string of the molecule is CC1CCC(C#N)(Cc2ccc(Cl)cc2[N+](=O)[O-])CC1. The van der Waals surface area contributed by atoms with Gasteiger partial charge in [-0.05, 0) is 44.1 Å². The summed E-state index contributed by atoms with van der Waals surface area (Å²) >= 11 is 5.82. The van der Waals surface area contributed by atoms with Crippen LogP contribution in [0.3, 0.4) is 0 Å². The first-order valence-corrected chi connectivity index (χ1v) is 7.18. The van der Waals surface area contributed by atoms with Gasteiger partial charge in [0, 0.05) is 16.7 Å². The first kappa shape index (κ1) is 14.8. The van der Waals surface area contributed by atoms with Crippen LogP contribution in [0.15, 0.2) is 18.2 Å². The van der Waals surface area contributed by atoms with Gasteiger partial charge in [-0.25, -0.2) is 0 Å². The molecule has 1 aliphatic rings. The van der Waals surface area contributed by atoms with Gasteiger partial charge in [-0.3, -0.25) is 10.1 Å². The number of nitro groups is 1. The molecule has 0 heterocycles. The van der Waals surface area contributed by atoms with Crippen LogP contribution in [0, 0.1) is 32.8 Å². The average Bonchev–Trinajstić information content (AvgIpc) is 2.43. The van der Waals surface area contributed by atoms with Crippen LogP contribution in [-0.2, 0) is 6.42 Å². The first-order valence-electron chi connectivity index (χ1n) is 6.80. The van der Waals surface area contributed by atoms with Crippen molar-refractivity contribution in [1.82, 2.24) is 0 Å². The van der Waals surface area contributed by atoms with Crippen LogP contribution < -0.4 is 0 Å². The number of nitro benzene ring substituents is 1. The molecule has 0 bridgehead atoms. The van der Waals surface area contributed by atoms with Gasteiger partial charge >= 0.3 is 0 Å². The van der Waals surface area contributed by atoms with E-state index in [-0.39, 0.29) is 5.69 Å². The summed E-state index contributed by atoms with van der Waals surface area (Å²) in [6.07, 6.45) is 4.07. The number of benzene rings is 1. The summed E-state index contributed by atoms with van der Waals surface area (Å²) in [4.78, 5) is 10.7. The van der Waals surface area contributed by atoms with E-state index in [2.05, 4.69) is 13.0 Å². The number of hydrogen-bond donors (Lipinski definition) is 0. The van der Waals surface area contributed by atoms with Crippen molar-refractivity contribution in [3.8, 4) is 6.07 Å². The Hall–Kier alpha value is -1.60. The number of hydrogen-bond acceptors (Lipinski definition) is 3. The minimum atomic E-state index is -0.467. The van der Waals surface area contributed by atoms with Crippen LogP contribution >= 0.6 is 11.6 Å². The van der Waals surface area contributed by atoms with Gasteiger partial charge in [-0.1, -0.05) is 24.6 Å². The Morgan fingerprint density at radius 3 is 2.70 bits per heavy atom. The predicted molar refractivity (Wildman–Crippen MR) is 77.5 cm³/mol. The van der Waals surface area contributed by atoms with Crippen LogP contribution in [0.5, 0.6) is 0 Å². The molecule has 0 spiro atoms. The summed E-state index contributed by atoms with van der Waals surface area (Å²) in [6, 6.07) is 7.11. The maximum absolute atomic E-state index is 11.1. The minimum absolute atomic E-state index is 0.0192. The molecule has 0 saturated heterocycles. The molecular formula is C15H17ClN2O2. The summed E-state index contributed by atoms with van der Waals surface area (Å²) in [5.41, 5.74) is 0.159. The summed E-state index contributed by atoms with van der Waals surface area (Å²) in [5.74, 6) is 0.636. The molecular weight excluding hydrogens is 276 g/mol. The van der Waals surface area contributed by atoms with Crippen molar-refractivity contribution in [2.45, 2.75) is 39.0 Å². The fourth-order valence-electron chi connectivity index (χ4n) is 2.86. The molecule has 0 atom stereocenters. The molecule has 1 aromatic carbocycles. The first-order chi connectivity index (χ1) is 9.46. The van der Waals surface area contributed by atoms with E-state index in [1.54, 1.807) is 12.1 Å². The maximum atomic E-state index is 11.1. The second-order valence-corrected chi connectivity index (χ2v) is 6.22. The Morgan fingerprint density at radius 2 is 2.15 bits per heavy atom. The summed E-state index contributed by atoms with van der Waals surface area (Å²) < 4.78 is 0. The Morgan fingerprint density at radius 1 is 1.50 bits per heavy atom. The number of nitriles is 1. The zero-order valence-electron chi connectivity index (χ0n) is 11.4. The molecule has 0 radical (unpaired) electrons. The van der Waals surface area contributed by atoms with E-state index in [4.69, 9.17) is 11.6 Å². The molecule has 5 heteroatoms. The van der Waals surface area contributed by atoms with E-state index < -0.39 is 10.3 Å². The third-order valence-corrected chi connectivity index (χ3v) is 4.48. The molecule has 106 valence electrons. The van der Waals surface area contributed by atoms with Crippen LogP contribution in [0.25, 0.3) is 0 Å². The van der Waals surface area contributed by atoms with E-state index in [1.165, 1.54) is 6.07 Å². The van der Waals surface area contributed by atoms with Crippen LogP contribution in [-0.4, -0.2) is 4.92 Å². The Kier molecular flexibility index (Phi) is 4.29. The van der Waals surface area contributed by atoms with Crippen molar-refractivity contribution >= 4 is 17.3 Å². The van der Waals surface area contributed by atoms with E-state index in [0.29, 0.717) is 22.9 Å². The summed E-state index contributed by atoms with van der Waals surface area (Å²) in [7, 11) is 0. The van der Waals surface area contributed by atoms with Gasteiger partial charge in [-0.2, -0.15) is 5.26 Å². The monoisotopic (exact) mass is 292 g/mol. The number of halogens is 1. The normalized spacial score (nSPS) is 25.9. The molecule has 0 amide bonds. The molecule has 0 unspecified atom stereocenters. The largest absolute Gasteiger partial charge is 0.274 e. The molecule has 0 aliphatic heterocycles. The highest BCUT2D eigenvalue weighted by Crippen LogP contribution is 2.42. The van der Waals surface area contributed by atoms with Crippen molar-refractivity contribution in [2.24, 2.45) is 11.3 Å². The Bertz CT molecular complexity index is 557. The summed E-state index contributed by atoms with van der Waals surface area (Å²) in [5, 5.41) is 21.0. The molecule has 1 aliphatic carbocycles. The van der Waals surface area contributed by atoms with Gasteiger partial charge < -0.3 is 0 Å². The molecule has 4 nitrogen and oxygen atoms in total.